The predicted molar refractivity (Wildman–Crippen MR) is 72.8 cm³/mol. The van der Waals surface area contributed by atoms with Gasteiger partial charge in [0.25, 0.3) is 0 Å². The predicted octanol–water partition coefficient (Wildman–Crippen LogP) is 3.43. The molecule has 0 aromatic carbocycles. The zero-order chi connectivity index (χ0) is 13.7. The Balaban J connectivity index is 1.93. The van der Waals surface area contributed by atoms with E-state index in [9.17, 15) is 4.79 Å². The Hall–Kier alpha value is -1.29. The van der Waals surface area contributed by atoms with Crippen LogP contribution in [0.4, 0.5) is 0 Å². The maximum absolute atomic E-state index is 11.3. The minimum Gasteiger partial charge on any atom is -0.463 e. The van der Waals surface area contributed by atoms with E-state index in [0.29, 0.717) is 11.7 Å². The third-order valence-corrected chi connectivity index (χ3v) is 3.94. The van der Waals surface area contributed by atoms with Gasteiger partial charge in [-0.05, 0) is 24.5 Å². The molecule has 0 spiro atoms. The van der Waals surface area contributed by atoms with Crippen molar-refractivity contribution in [3.8, 4) is 0 Å². The first-order chi connectivity index (χ1) is 9.20. The maximum atomic E-state index is 11.3. The molecule has 1 saturated carbocycles. The van der Waals surface area contributed by atoms with Crippen LogP contribution in [0.5, 0.6) is 0 Å². The lowest BCUT2D eigenvalue weighted by atomic mass is 9.92. The van der Waals surface area contributed by atoms with Crippen LogP contribution in [-0.2, 0) is 4.74 Å². The number of hydrogen-bond donors (Lipinski definition) is 1. The zero-order valence-electron chi connectivity index (χ0n) is 11.6. The highest BCUT2D eigenvalue weighted by Crippen LogP contribution is 2.30. The summed E-state index contributed by atoms with van der Waals surface area (Å²) in [5, 5.41) is 0. The molecule has 0 aliphatic heterocycles. The molecule has 4 heteroatoms. The number of carbonyl (C=O) groups excluding carboxylic acids is 1. The van der Waals surface area contributed by atoms with E-state index in [1.807, 2.05) is 0 Å². The van der Waals surface area contributed by atoms with Crippen molar-refractivity contribution >= 4 is 5.97 Å². The highest BCUT2D eigenvalue weighted by Gasteiger charge is 2.20. The number of ether oxygens (including phenoxy) is 1. The van der Waals surface area contributed by atoms with Gasteiger partial charge in [-0.3, -0.25) is 0 Å². The van der Waals surface area contributed by atoms with E-state index in [0.717, 1.165) is 6.42 Å². The molecule has 106 valence electrons. The van der Waals surface area contributed by atoms with Crippen LogP contribution in [0.2, 0.25) is 0 Å². The molecule has 1 unspecified atom stereocenters. The normalized spacial score (nSPS) is 18.8. The highest BCUT2D eigenvalue weighted by molar-refractivity contribution is 5.86. The summed E-state index contributed by atoms with van der Waals surface area (Å²) in [7, 11) is 1.34. The molecule has 1 aromatic rings. The maximum Gasteiger partial charge on any atom is 0.373 e. The molecular formula is C15H23NO3. The summed E-state index contributed by atoms with van der Waals surface area (Å²) in [6.45, 7) is 0. The smallest absolute Gasteiger partial charge is 0.373 e. The standard InChI is InChI=1S/C15H23NO3/c1-18-15(17)14-9-8-13(19-14)12(16)10-11-6-4-2-3-5-7-11/h8-9,11-12H,2-7,10,16H2,1H3. The van der Waals surface area contributed by atoms with Crippen LogP contribution < -0.4 is 5.73 Å². The minimum absolute atomic E-state index is 0.124. The van der Waals surface area contributed by atoms with Crippen LogP contribution in [-0.4, -0.2) is 13.1 Å². The first kappa shape index (κ1) is 14.1. The average Bonchev–Trinajstić information content (AvgIpc) is 2.78. The van der Waals surface area contributed by atoms with E-state index >= 15 is 0 Å². The van der Waals surface area contributed by atoms with E-state index in [1.54, 1.807) is 12.1 Å². The molecular weight excluding hydrogens is 242 g/mol. The van der Waals surface area contributed by atoms with Crippen molar-refractivity contribution in [3.63, 3.8) is 0 Å². The summed E-state index contributed by atoms with van der Waals surface area (Å²) in [5.41, 5.74) is 6.19. The fraction of sp³-hybridized carbons (Fsp3) is 0.667. The Labute approximate surface area is 114 Å². The first-order valence-electron chi connectivity index (χ1n) is 7.14. The third kappa shape index (κ3) is 3.83. The van der Waals surface area contributed by atoms with Gasteiger partial charge in [0.2, 0.25) is 5.76 Å². The summed E-state index contributed by atoms with van der Waals surface area (Å²) in [6, 6.07) is 3.29. The molecule has 2 rings (SSSR count). The quantitative estimate of drug-likeness (QED) is 0.669. The molecule has 1 heterocycles. The van der Waals surface area contributed by atoms with Gasteiger partial charge in [-0.2, -0.15) is 0 Å². The molecule has 1 fully saturated rings. The average molecular weight is 265 g/mol. The number of hydrogen-bond acceptors (Lipinski definition) is 4. The minimum atomic E-state index is -0.451. The summed E-state index contributed by atoms with van der Waals surface area (Å²) in [5.74, 6) is 1.15. The number of methoxy groups -OCH3 is 1. The summed E-state index contributed by atoms with van der Waals surface area (Å²) in [6.07, 6.45) is 8.77. The van der Waals surface area contributed by atoms with Crippen LogP contribution in [0.3, 0.4) is 0 Å². The van der Waals surface area contributed by atoms with Gasteiger partial charge in [0.05, 0.1) is 13.2 Å². The Morgan fingerprint density at radius 2 is 2.05 bits per heavy atom. The zero-order valence-corrected chi connectivity index (χ0v) is 11.6. The van der Waals surface area contributed by atoms with Crippen LogP contribution in [0.25, 0.3) is 0 Å². The first-order valence-corrected chi connectivity index (χ1v) is 7.14. The van der Waals surface area contributed by atoms with Crippen molar-refractivity contribution in [1.29, 1.82) is 0 Å². The lowest BCUT2D eigenvalue weighted by molar-refractivity contribution is 0.0562. The fourth-order valence-corrected chi connectivity index (χ4v) is 2.84. The van der Waals surface area contributed by atoms with Crippen molar-refractivity contribution in [2.75, 3.05) is 7.11 Å². The van der Waals surface area contributed by atoms with Crippen LogP contribution >= 0.6 is 0 Å². The van der Waals surface area contributed by atoms with Gasteiger partial charge in [-0.25, -0.2) is 4.79 Å². The van der Waals surface area contributed by atoms with Crippen LogP contribution in [0.1, 0.15) is 67.3 Å². The van der Waals surface area contributed by atoms with E-state index in [4.69, 9.17) is 10.2 Å². The number of furan rings is 1. The Morgan fingerprint density at radius 3 is 2.68 bits per heavy atom. The van der Waals surface area contributed by atoms with Crippen LogP contribution in [0, 0.1) is 5.92 Å². The van der Waals surface area contributed by atoms with Crippen molar-refractivity contribution < 1.29 is 13.9 Å². The molecule has 0 radical (unpaired) electrons. The molecule has 1 atom stereocenters. The monoisotopic (exact) mass is 265 g/mol. The second-order valence-electron chi connectivity index (χ2n) is 5.39. The number of rotatable bonds is 4. The lowest BCUT2D eigenvalue weighted by Gasteiger charge is -2.17. The molecule has 0 bridgehead atoms. The lowest BCUT2D eigenvalue weighted by Crippen LogP contribution is -2.14. The Morgan fingerprint density at radius 1 is 1.37 bits per heavy atom. The molecule has 4 nitrogen and oxygen atoms in total. The number of carbonyl (C=O) groups is 1. The third-order valence-electron chi connectivity index (χ3n) is 3.94. The summed E-state index contributed by atoms with van der Waals surface area (Å²) in [4.78, 5) is 11.3. The molecule has 1 aliphatic rings. The van der Waals surface area contributed by atoms with Gasteiger partial charge >= 0.3 is 5.97 Å². The summed E-state index contributed by atoms with van der Waals surface area (Å²) < 4.78 is 10.1. The molecule has 0 saturated heterocycles. The molecule has 2 N–H and O–H groups in total. The van der Waals surface area contributed by atoms with E-state index in [2.05, 4.69) is 4.74 Å². The van der Waals surface area contributed by atoms with Gasteiger partial charge in [0.1, 0.15) is 5.76 Å². The van der Waals surface area contributed by atoms with E-state index in [-0.39, 0.29) is 11.8 Å². The van der Waals surface area contributed by atoms with Crippen molar-refractivity contribution in [3.05, 3.63) is 23.7 Å². The SMILES string of the molecule is COC(=O)c1ccc(C(N)CC2CCCCCC2)o1. The largest absolute Gasteiger partial charge is 0.463 e. The molecule has 1 aliphatic carbocycles. The number of nitrogens with two attached hydrogens (primary N) is 1. The van der Waals surface area contributed by atoms with Crippen molar-refractivity contribution in [2.45, 2.75) is 51.0 Å². The van der Waals surface area contributed by atoms with E-state index in [1.165, 1.54) is 45.6 Å². The Bertz CT molecular complexity index is 405. The molecule has 19 heavy (non-hydrogen) atoms. The highest BCUT2D eigenvalue weighted by atomic mass is 16.5. The molecule has 1 aromatic heterocycles. The second kappa shape index (κ2) is 6.75. The summed E-state index contributed by atoms with van der Waals surface area (Å²) >= 11 is 0. The Kier molecular flexibility index (Phi) is 5.02. The van der Waals surface area contributed by atoms with Crippen LogP contribution in [0.15, 0.2) is 16.5 Å². The number of esters is 1. The van der Waals surface area contributed by atoms with Gasteiger partial charge in [-0.15, -0.1) is 0 Å². The van der Waals surface area contributed by atoms with Gasteiger partial charge in [-0.1, -0.05) is 38.5 Å². The topological polar surface area (TPSA) is 65.5 Å². The van der Waals surface area contributed by atoms with Crippen molar-refractivity contribution in [1.82, 2.24) is 0 Å². The van der Waals surface area contributed by atoms with Gasteiger partial charge in [0, 0.05) is 0 Å². The molecule has 0 amide bonds. The van der Waals surface area contributed by atoms with Gasteiger partial charge < -0.3 is 14.9 Å². The van der Waals surface area contributed by atoms with Crippen molar-refractivity contribution in [2.24, 2.45) is 11.7 Å². The fourth-order valence-electron chi connectivity index (χ4n) is 2.84. The van der Waals surface area contributed by atoms with E-state index < -0.39 is 5.97 Å². The van der Waals surface area contributed by atoms with Gasteiger partial charge in [0.15, 0.2) is 0 Å². The second-order valence-corrected chi connectivity index (χ2v) is 5.39.